The molecule has 0 radical (unpaired) electrons. The van der Waals surface area contributed by atoms with E-state index in [4.69, 9.17) is 5.11 Å². The molecule has 1 atom stereocenters. The van der Waals surface area contributed by atoms with Crippen LogP contribution in [-0.4, -0.2) is 34.0 Å². The summed E-state index contributed by atoms with van der Waals surface area (Å²) < 4.78 is 0. The van der Waals surface area contributed by atoms with E-state index in [1.165, 1.54) is 0 Å². The number of amides is 1. The maximum atomic E-state index is 11.4. The van der Waals surface area contributed by atoms with Crippen LogP contribution in [0.25, 0.3) is 0 Å². The molecule has 1 amide bonds. The fourth-order valence-corrected chi connectivity index (χ4v) is 2.59. The van der Waals surface area contributed by atoms with E-state index in [-0.39, 0.29) is 11.8 Å². The lowest BCUT2D eigenvalue weighted by molar-refractivity contribution is -0.146. The summed E-state index contributed by atoms with van der Waals surface area (Å²) >= 11 is 1.57. The monoisotopic (exact) mass is 217 g/mol. The Labute approximate surface area is 87.4 Å². The highest BCUT2D eigenvalue weighted by Gasteiger charge is 2.43. The van der Waals surface area contributed by atoms with Crippen LogP contribution in [0.1, 0.15) is 20.3 Å². The summed E-state index contributed by atoms with van der Waals surface area (Å²) in [5, 5.41) is 11.7. The van der Waals surface area contributed by atoms with E-state index in [9.17, 15) is 9.59 Å². The third-order valence-electron chi connectivity index (χ3n) is 2.32. The Balaban J connectivity index is 2.70. The molecule has 0 unspecified atom stereocenters. The molecule has 1 rings (SSSR count). The second kappa shape index (κ2) is 4.21. The molecule has 80 valence electrons. The Morgan fingerprint density at radius 2 is 2.14 bits per heavy atom. The molecule has 0 aromatic carbocycles. The lowest BCUT2D eigenvalue weighted by Crippen LogP contribution is -2.55. The van der Waals surface area contributed by atoms with Gasteiger partial charge in [0.2, 0.25) is 5.91 Å². The van der Waals surface area contributed by atoms with Crippen LogP contribution in [0, 0.1) is 5.92 Å². The Morgan fingerprint density at radius 1 is 1.50 bits per heavy atom. The van der Waals surface area contributed by atoms with E-state index >= 15 is 0 Å². The first-order chi connectivity index (χ1) is 6.48. The summed E-state index contributed by atoms with van der Waals surface area (Å²) in [6, 6.07) is 0. The van der Waals surface area contributed by atoms with Crippen molar-refractivity contribution in [1.29, 1.82) is 0 Å². The Bertz CT molecular complexity index is 246. The normalized spacial score (nSPS) is 26.5. The number of hydrogen-bond donors (Lipinski definition) is 2. The Hall–Kier alpha value is -0.710. The van der Waals surface area contributed by atoms with E-state index in [1.54, 1.807) is 25.6 Å². The van der Waals surface area contributed by atoms with Gasteiger partial charge in [0.25, 0.3) is 0 Å². The molecule has 4 nitrogen and oxygen atoms in total. The van der Waals surface area contributed by atoms with Crippen LogP contribution in [0.4, 0.5) is 0 Å². The van der Waals surface area contributed by atoms with Crippen LogP contribution in [0.15, 0.2) is 0 Å². The summed E-state index contributed by atoms with van der Waals surface area (Å²) in [6.45, 7) is 3.51. The molecule has 1 aliphatic heterocycles. The third kappa shape index (κ3) is 2.20. The molecule has 1 aliphatic rings. The van der Waals surface area contributed by atoms with Gasteiger partial charge >= 0.3 is 5.97 Å². The average Bonchev–Trinajstić information content (AvgIpc) is 2.53. The van der Waals surface area contributed by atoms with Crippen LogP contribution >= 0.6 is 11.8 Å². The molecule has 0 bridgehead atoms. The molecule has 1 fully saturated rings. The first-order valence-corrected chi connectivity index (χ1v) is 5.76. The maximum Gasteiger partial charge on any atom is 0.330 e. The van der Waals surface area contributed by atoms with Crippen molar-refractivity contribution in [1.82, 2.24) is 5.32 Å². The van der Waals surface area contributed by atoms with Gasteiger partial charge in [-0.1, -0.05) is 13.8 Å². The predicted octanol–water partition coefficient (Wildman–Crippen LogP) is 0.719. The second-order valence-electron chi connectivity index (χ2n) is 3.83. The van der Waals surface area contributed by atoms with E-state index < -0.39 is 11.5 Å². The van der Waals surface area contributed by atoms with E-state index in [1.807, 2.05) is 0 Å². The van der Waals surface area contributed by atoms with E-state index in [2.05, 4.69) is 5.32 Å². The first kappa shape index (κ1) is 11.4. The number of nitrogens with one attached hydrogen (secondary N) is 1. The largest absolute Gasteiger partial charge is 0.479 e. The molecular formula is C9H15NO3S. The van der Waals surface area contributed by atoms with Crippen LogP contribution in [-0.2, 0) is 9.59 Å². The lowest BCUT2D eigenvalue weighted by Gasteiger charge is -2.25. The van der Waals surface area contributed by atoms with Crippen molar-refractivity contribution in [2.24, 2.45) is 5.92 Å². The van der Waals surface area contributed by atoms with Crippen molar-refractivity contribution >= 4 is 23.6 Å². The minimum Gasteiger partial charge on any atom is -0.479 e. The number of rotatable bonds is 3. The number of carboxylic acids is 1. The average molecular weight is 217 g/mol. The maximum absolute atomic E-state index is 11.4. The molecule has 2 N–H and O–H groups in total. The van der Waals surface area contributed by atoms with Gasteiger partial charge < -0.3 is 10.4 Å². The summed E-state index contributed by atoms with van der Waals surface area (Å²) in [7, 11) is 0. The highest BCUT2D eigenvalue weighted by molar-refractivity contribution is 7.99. The van der Waals surface area contributed by atoms with Crippen molar-refractivity contribution in [3.05, 3.63) is 0 Å². The van der Waals surface area contributed by atoms with Crippen molar-refractivity contribution in [3.8, 4) is 0 Å². The van der Waals surface area contributed by atoms with E-state index in [0.29, 0.717) is 12.2 Å². The van der Waals surface area contributed by atoms with Gasteiger partial charge in [-0.25, -0.2) is 4.79 Å². The first-order valence-electron chi connectivity index (χ1n) is 4.61. The molecule has 0 saturated carbocycles. The van der Waals surface area contributed by atoms with Gasteiger partial charge in [-0.3, -0.25) is 4.79 Å². The summed E-state index contributed by atoms with van der Waals surface area (Å²) in [5.74, 6) is -0.00548. The zero-order valence-corrected chi connectivity index (χ0v) is 9.19. The molecule has 0 aromatic rings. The van der Waals surface area contributed by atoms with Gasteiger partial charge in [0.05, 0.1) is 0 Å². The molecule has 14 heavy (non-hydrogen) atoms. The van der Waals surface area contributed by atoms with Crippen LogP contribution in [0.2, 0.25) is 0 Å². The van der Waals surface area contributed by atoms with Gasteiger partial charge in [-0.05, 0) is 12.2 Å². The zero-order valence-electron chi connectivity index (χ0n) is 8.37. The summed E-state index contributed by atoms with van der Waals surface area (Å²) in [6.07, 6.45) is 0.519. The van der Waals surface area contributed by atoms with Gasteiger partial charge in [0.1, 0.15) is 5.54 Å². The molecule has 0 aromatic heterocycles. The Morgan fingerprint density at radius 3 is 2.50 bits per heavy atom. The quantitative estimate of drug-likeness (QED) is 0.731. The molecule has 5 heteroatoms. The topological polar surface area (TPSA) is 66.4 Å². The van der Waals surface area contributed by atoms with Crippen molar-refractivity contribution in [2.45, 2.75) is 25.8 Å². The van der Waals surface area contributed by atoms with E-state index in [0.717, 1.165) is 5.75 Å². The number of carbonyl (C=O) groups excluding carboxylic acids is 1. The third-order valence-corrected chi connectivity index (χ3v) is 3.51. The van der Waals surface area contributed by atoms with Crippen LogP contribution in [0.3, 0.4) is 0 Å². The molecule has 0 aliphatic carbocycles. The fraction of sp³-hybridized carbons (Fsp3) is 0.778. The second-order valence-corrected chi connectivity index (χ2v) is 4.94. The summed E-state index contributed by atoms with van der Waals surface area (Å²) in [5.41, 5.74) is -1.02. The van der Waals surface area contributed by atoms with Crippen molar-refractivity contribution < 1.29 is 14.7 Å². The standard InChI is InChI=1S/C9H15NO3S/c1-6(2)7(11)10-9(8(12)13)3-4-14-5-9/h6H,3-5H2,1-2H3,(H,10,11)(H,12,13)/t9-/m0/s1. The lowest BCUT2D eigenvalue weighted by atomic mass is 9.98. The minimum absolute atomic E-state index is 0.170. The van der Waals surface area contributed by atoms with Crippen LogP contribution in [0.5, 0.6) is 0 Å². The smallest absolute Gasteiger partial charge is 0.330 e. The minimum atomic E-state index is -1.02. The predicted molar refractivity (Wildman–Crippen MR) is 55.3 cm³/mol. The fourth-order valence-electron chi connectivity index (χ4n) is 1.27. The highest BCUT2D eigenvalue weighted by Crippen LogP contribution is 2.28. The summed E-state index contributed by atoms with van der Waals surface area (Å²) in [4.78, 5) is 22.5. The molecular weight excluding hydrogens is 202 g/mol. The van der Waals surface area contributed by atoms with Gasteiger partial charge in [-0.15, -0.1) is 0 Å². The number of carbonyl (C=O) groups is 2. The van der Waals surface area contributed by atoms with Crippen LogP contribution < -0.4 is 5.32 Å². The number of aliphatic carboxylic acids is 1. The van der Waals surface area contributed by atoms with Gasteiger partial charge in [-0.2, -0.15) is 11.8 Å². The van der Waals surface area contributed by atoms with Gasteiger partial charge in [0, 0.05) is 11.7 Å². The number of carboxylic acid groups (broad SMARTS) is 1. The molecule has 1 saturated heterocycles. The Kier molecular flexibility index (Phi) is 3.42. The highest BCUT2D eigenvalue weighted by atomic mass is 32.2. The SMILES string of the molecule is CC(C)C(=O)N[C@@]1(C(=O)O)CCSC1. The van der Waals surface area contributed by atoms with Crippen molar-refractivity contribution in [3.63, 3.8) is 0 Å². The molecule has 1 heterocycles. The van der Waals surface area contributed by atoms with Crippen molar-refractivity contribution in [2.75, 3.05) is 11.5 Å². The zero-order chi connectivity index (χ0) is 10.8. The molecule has 0 spiro atoms. The van der Waals surface area contributed by atoms with Gasteiger partial charge in [0.15, 0.2) is 0 Å². The number of hydrogen-bond acceptors (Lipinski definition) is 3. The number of thioether (sulfide) groups is 1.